The first-order valence-electron chi connectivity index (χ1n) is 10.5. The zero-order valence-electron chi connectivity index (χ0n) is 18.6. The van der Waals surface area contributed by atoms with Crippen molar-refractivity contribution in [3.63, 3.8) is 0 Å². The van der Waals surface area contributed by atoms with Crippen LogP contribution in [-0.4, -0.2) is 36.5 Å². The zero-order valence-corrected chi connectivity index (χ0v) is 20.2. The van der Waals surface area contributed by atoms with E-state index in [1.807, 2.05) is 37.4 Å². The number of hydrogen-bond donors (Lipinski definition) is 1. The molecule has 0 unspecified atom stereocenters. The third-order valence-electron chi connectivity index (χ3n) is 5.53. The monoisotopic (exact) mass is 470 g/mol. The highest BCUT2D eigenvalue weighted by atomic mass is 35.5. The molecule has 2 aromatic heterocycles. The maximum atomic E-state index is 13.1. The van der Waals surface area contributed by atoms with E-state index >= 15 is 0 Å². The number of benzene rings is 1. The second-order valence-corrected chi connectivity index (χ2v) is 11.1. The van der Waals surface area contributed by atoms with Gasteiger partial charge in [-0.25, -0.2) is 12.9 Å². The van der Waals surface area contributed by atoms with Gasteiger partial charge in [-0.2, -0.15) is 5.10 Å². The van der Waals surface area contributed by atoms with Crippen LogP contribution in [0.2, 0.25) is 5.02 Å². The van der Waals surface area contributed by atoms with Crippen molar-refractivity contribution in [3.8, 4) is 0 Å². The van der Waals surface area contributed by atoms with E-state index in [0.29, 0.717) is 16.4 Å². The topological polar surface area (TPSA) is 66.7 Å². The zero-order chi connectivity index (χ0) is 23.1. The summed E-state index contributed by atoms with van der Waals surface area (Å²) in [5.74, 6) is 0.322. The SMILES string of the molecule is CN1CCC=CC=C1c1cc2c(Cl)ccc(NS(=O)(=O)c3ccc(C(C)(C)C)cc3)n2n1. The number of hydrogen-bond acceptors (Lipinski definition) is 4. The highest BCUT2D eigenvalue weighted by molar-refractivity contribution is 7.92. The normalized spacial score (nSPS) is 15.0. The molecule has 3 heterocycles. The lowest BCUT2D eigenvalue weighted by atomic mass is 9.87. The quantitative estimate of drug-likeness (QED) is 0.560. The molecule has 1 N–H and O–H groups in total. The van der Waals surface area contributed by atoms with Crippen LogP contribution in [0.4, 0.5) is 5.82 Å². The number of nitrogens with one attached hydrogen (secondary N) is 1. The minimum absolute atomic E-state index is 0.0570. The molecule has 0 atom stereocenters. The molecule has 0 bridgehead atoms. The van der Waals surface area contributed by atoms with E-state index in [9.17, 15) is 8.42 Å². The number of allylic oxidation sites excluding steroid dienone is 2. The lowest BCUT2D eigenvalue weighted by Gasteiger charge is -2.19. The number of halogens is 1. The Balaban J connectivity index is 1.72. The summed E-state index contributed by atoms with van der Waals surface area (Å²) in [7, 11) is -1.79. The first kappa shape index (κ1) is 22.4. The average Bonchev–Trinajstić information content (AvgIpc) is 3.07. The molecule has 1 aliphatic rings. The van der Waals surface area contributed by atoms with Gasteiger partial charge in [0.2, 0.25) is 0 Å². The number of fused-ring (bicyclic) bond motifs is 1. The summed E-state index contributed by atoms with van der Waals surface area (Å²) in [4.78, 5) is 2.31. The van der Waals surface area contributed by atoms with E-state index in [2.05, 4.69) is 41.6 Å². The predicted molar refractivity (Wildman–Crippen MR) is 131 cm³/mol. The number of aromatic nitrogens is 2. The van der Waals surface area contributed by atoms with Crippen molar-refractivity contribution in [2.75, 3.05) is 18.3 Å². The number of pyridine rings is 1. The van der Waals surface area contributed by atoms with Gasteiger partial charge in [-0.3, -0.25) is 4.72 Å². The molecule has 0 radical (unpaired) electrons. The van der Waals surface area contributed by atoms with Gasteiger partial charge in [0, 0.05) is 13.6 Å². The van der Waals surface area contributed by atoms with Gasteiger partial charge in [-0.05, 0) is 53.8 Å². The largest absolute Gasteiger partial charge is 0.372 e. The van der Waals surface area contributed by atoms with Crippen LogP contribution in [-0.2, 0) is 15.4 Å². The van der Waals surface area contributed by atoms with Crippen LogP contribution in [0.5, 0.6) is 0 Å². The van der Waals surface area contributed by atoms with Gasteiger partial charge < -0.3 is 4.90 Å². The molecule has 0 spiro atoms. The molecule has 8 heteroatoms. The van der Waals surface area contributed by atoms with Crippen molar-refractivity contribution in [1.29, 1.82) is 0 Å². The molecule has 0 aliphatic carbocycles. The van der Waals surface area contributed by atoms with Crippen LogP contribution in [0.1, 0.15) is 38.4 Å². The molecule has 1 aliphatic heterocycles. The molecule has 0 saturated heterocycles. The molecule has 0 amide bonds. The lowest BCUT2D eigenvalue weighted by molar-refractivity contribution is 0.489. The Bertz CT molecular complexity index is 1320. The van der Waals surface area contributed by atoms with Crippen LogP contribution >= 0.6 is 11.6 Å². The molecular formula is C24H27ClN4O2S. The van der Waals surface area contributed by atoms with Crippen LogP contribution < -0.4 is 4.72 Å². The Kier molecular flexibility index (Phi) is 5.81. The van der Waals surface area contributed by atoms with Gasteiger partial charge in [-0.1, -0.05) is 56.7 Å². The molecule has 4 rings (SSSR count). The molecule has 6 nitrogen and oxygen atoms in total. The second-order valence-electron chi connectivity index (χ2n) is 8.96. The van der Waals surface area contributed by atoms with E-state index in [4.69, 9.17) is 11.6 Å². The summed E-state index contributed by atoms with van der Waals surface area (Å²) in [6.45, 7) is 7.14. The minimum Gasteiger partial charge on any atom is -0.372 e. The van der Waals surface area contributed by atoms with Crippen molar-refractivity contribution in [2.45, 2.75) is 37.5 Å². The van der Waals surface area contributed by atoms with Gasteiger partial charge in [0.1, 0.15) is 11.5 Å². The Morgan fingerprint density at radius 1 is 1.09 bits per heavy atom. The number of nitrogens with zero attached hydrogens (tertiary/aromatic N) is 3. The summed E-state index contributed by atoms with van der Waals surface area (Å²) in [5.41, 5.74) is 3.31. The number of anilines is 1. The molecule has 168 valence electrons. The summed E-state index contributed by atoms with van der Waals surface area (Å²) >= 11 is 6.41. The van der Waals surface area contributed by atoms with E-state index < -0.39 is 10.0 Å². The van der Waals surface area contributed by atoms with E-state index in [0.717, 1.165) is 29.9 Å². The minimum atomic E-state index is -3.80. The average molecular weight is 471 g/mol. The molecule has 32 heavy (non-hydrogen) atoms. The third kappa shape index (κ3) is 4.40. The summed E-state index contributed by atoms with van der Waals surface area (Å²) in [6.07, 6.45) is 7.07. The summed E-state index contributed by atoms with van der Waals surface area (Å²) in [6, 6.07) is 12.1. The number of sulfonamides is 1. The molecule has 0 saturated carbocycles. The number of rotatable bonds is 4. The predicted octanol–water partition coefficient (Wildman–Crippen LogP) is 5.32. The molecule has 3 aromatic rings. The molecule has 1 aromatic carbocycles. The Morgan fingerprint density at radius 2 is 1.81 bits per heavy atom. The standard InChI is InChI=1S/C24H27ClN4O2S/c1-24(2,3)17-9-11-18(12-10-17)32(30,31)27-23-14-13-19(25)22-16-20(26-29(22)23)21-8-6-5-7-15-28(21)4/h5-6,8-14,16,27H,7,15H2,1-4H3. The Hall–Kier alpha value is -2.77. The smallest absolute Gasteiger partial charge is 0.263 e. The third-order valence-corrected chi connectivity index (χ3v) is 7.22. The van der Waals surface area contributed by atoms with Crippen molar-refractivity contribution >= 4 is 38.7 Å². The van der Waals surface area contributed by atoms with E-state index in [1.54, 1.807) is 28.8 Å². The Labute approximate surface area is 194 Å². The van der Waals surface area contributed by atoms with Crippen LogP contribution in [0.3, 0.4) is 0 Å². The van der Waals surface area contributed by atoms with Crippen molar-refractivity contribution < 1.29 is 8.42 Å². The highest BCUT2D eigenvalue weighted by Crippen LogP contribution is 2.29. The highest BCUT2D eigenvalue weighted by Gasteiger charge is 2.21. The summed E-state index contributed by atoms with van der Waals surface area (Å²) < 4.78 is 30.4. The fourth-order valence-electron chi connectivity index (χ4n) is 3.63. The maximum Gasteiger partial charge on any atom is 0.263 e. The van der Waals surface area contributed by atoms with Crippen LogP contribution in [0.15, 0.2) is 65.6 Å². The Morgan fingerprint density at radius 3 is 2.50 bits per heavy atom. The fourth-order valence-corrected chi connectivity index (χ4v) is 4.87. The van der Waals surface area contributed by atoms with Crippen LogP contribution in [0, 0.1) is 0 Å². The van der Waals surface area contributed by atoms with Crippen molar-refractivity contribution in [3.05, 3.63) is 77.0 Å². The first-order chi connectivity index (χ1) is 15.1. The molecule has 0 fully saturated rings. The maximum absolute atomic E-state index is 13.1. The van der Waals surface area contributed by atoms with Gasteiger partial charge >= 0.3 is 0 Å². The second kappa shape index (κ2) is 8.30. The van der Waals surface area contributed by atoms with E-state index in [1.165, 1.54) is 0 Å². The van der Waals surface area contributed by atoms with Gasteiger partial charge in [0.15, 0.2) is 0 Å². The van der Waals surface area contributed by atoms with E-state index in [-0.39, 0.29) is 10.3 Å². The van der Waals surface area contributed by atoms with Crippen LogP contribution in [0.25, 0.3) is 11.2 Å². The van der Waals surface area contributed by atoms with Gasteiger partial charge in [0.05, 0.1) is 21.1 Å². The van der Waals surface area contributed by atoms with Gasteiger partial charge in [-0.15, -0.1) is 0 Å². The first-order valence-corrected chi connectivity index (χ1v) is 12.3. The fraction of sp³-hybridized carbons (Fsp3) is 0.292. The van der Waals surface area contributed by atoms with Crippen molar-refractivity contribution in [1.82, 2.24) is 14.5 Å². The van der Waals surface area contributed by atoms with Crippen molar-refractivity contribution in [2.24, 2.45) is 0 Å². The summed E-state index contributed by atoms with van der Waals surface area (Å²) in [5, 5.41) is 5.17. The van der Waals surface area contributed by atoms with Gasteiger partial charge in [0.25, 0.3) is 10.0 Å². The molecular weight excluding hydrogens is 444 g/mol. The lowest BCUT2D eigenvalue weighted by Crippen LogP contribution is -2.18.